The minimum absolute atomic E-state index is 0.103. The SMILES string of the molecule is CC(=O)c1cn(CCOC(C)(C)C)c2ccccc12. The zero-order chi connectivity index (χ0) is 14.0. The predicted molar refractivity (Wildman–Crippen MR) is 77.6 cm³/mol. The number of nitrogens with zero attached hydrogens (tertiary/aromatic N) is 1. The van der Waals surface area contributed by atoms with E-state index in [2.05, 4.69) is 4.57 Å². The Balaban J connectivity index is 2.26. The summed E-state index contributed by atoms with van der Waals surface area (Å²) in [6.07, 6.45) is 1.93. The Morgan fingerprint density at radius 2 is 1.95 bits per heavy atom. The van der Waals surface area contributed by atoms with Gasteiger partial charge in [-0.2, -0.15) is 0 Å². The van der Waals surface area contributed by atoms with E-state index < -0.39 is 0 Å². The Labute approximate surface area is 114 Å². The van der Waals surface area contributed by atoms with Gasteiger partial charge in [0.05, 0.1) is 12.2 Å². The molecule has 0 fully saturated rings. The smallest absolute Gasteiger partial charge is 0.161 e. The molecule has 0 aliphatic rings. The summed E-state index contributed by atoms with van der Waals surface area (Å²) in [7, 11) is 0. The van der Waals surface area contributed by atoms with Crippen LogP contribution in [0.5, 0.6) is 0 Å². The largest absolute Gasteiger partial charge is 0.374 e. The van der Waals surface area contributed by atoms with Crippen LogP contribution in [0.1, 0.15) is 38.1 Å². The fraction of sp³-hybridized carbons (Fsp3) is 0.438. The molecule has 0 spiro atoms. The Morgan fingerprint density at radius 1 is 1.26 bits per heavy atom. The highest BCUT2D eigenvalue weighted by molar-refractivity contribution is 6.06. The molecule has 102 valence electrons. The average molecular weight is 259 g/mol. The number of ketones is 1. The lowest BCUT2D eigenvalue weighted by molar-refractivity contribution is -0.00646. The highest BCUT2D eigenvalue weighted by atomic mass is 16.5. The normalized spacial score (nSPS) is 12.0. The van der Waals surface area contributed by atoms with Crippen molar-refractivity contribution in [3.05, 3.63) is 36.0 Å². The van der Waals surface area contributed by atoms with Crippen molar-refractivity contribution in [2.24, 2.45) is 0 Å². The zero-order valence-corrected chi connectivity index (χ0v) is 12.1. The summed E-state index contributed by atoms with van der Waals surface area (Å²) in [5.41, 5.74) is 1.74. The van der Waals surface area contributed by atoms with Crippen molar-refractivity contribution in [3.8, 4) is 0 Å². The van der Waals surface area contributed by atoms with Crippen molar-refractivity contribution in [3.63, 3.8) is 0 Å². The lowest BCUT2D eigenvalue weighted by atomic mass is 10.1. The van der Waals surface area contributed by atoms with Gasteiger partial charge in [0.1, 0.15) is 0 Å². The Bertz CT molecular complexity index is 590. The van der Waals surface area contributed by atoms with Gasteiger partial charge in [-0.3, -0.25) is 4.79 Å². The first-order valence-corrected chi connectivity index (χ1v) is 6.61. The molecule has 2 aromatic rings. The summed E-state index contributed by atoms with van der Waals surface area (Å²) in [5, 5.41) is 1.02. The number of hydrogen-bond donors (Lipinski definition) is 0. The summed E-state index contributed by atoms with van der Waals surface area (Å²) in [4.78, 5) is 11.7. The topological polar surface area (TPSA) is 31.2 Å². The first-order valence-electron chi connectivity index (χ1n) is 6.61. The van der Waals surface area contributed by atoms with E-state index in [0.29, 0.717) is 6.61 Å². The second kappa shape index (κ2) is 5.17. The Hall–Kier alpha value is -1.61. The number of aromatic nitrogens is 1. The molecule has 0 saturated heterocycles. The molecule has 0 bridgehead atoms. The monoisotopic (exact) mass is 259 g/mol. The molecule has 0 N–H and O–H groups in total. The lowest BCUT2D eigenvalue weighted by Gasteiger charge is -2.19. The van der Waals surface area contributed by atoms with Crippen LogP contribution in [0.4, 0.5) is 0 Å². The van der Waals surface area contributed by atoms with Gasteiger partial charge in [-0.1, -0.05) is 18.2 Å². The van der Waals surface area contributed by atoms with E-state index in [9.17, 15) is 4.79 Å². The lowest BCUT2D eigenvalue weighted by Crippen LogP contribution is -2.21. The molecule has 1 heterocycles. The van der Waals surface area contributed by atoms with Gasteiger partial charge in [0, 0.05) is 29.2 Å². The number of fused-ring (bicyclic) bond motifs is 1. The fourth-order valence-corrected chi connectivity index (χ4v) is 2.16. The summed E-state index contributed by atoms with van der Waals surface area (Å²) in [6.45, 7) is 9.13. The van der Waals surface area contributed by atoms with Crippen LogP contribution >= 0.6 is 0 Å². The van der Waals surface area contributed by atoms with Crippen LogP contribution in [0.25, 0.3) is 10.9 Å². The number of carbonyl (C=O) groups is 1. The summed E-state index contributed by atoms with van der Waals surface area (Å²) < 4.78 is 7.84. The molecule has 0 saturated carbocycles. The number of carbonyl (C=O) groups excluding carboxylic acids is 1. The van der Waals surface area contributed by atoms with Gasteiger partial charge >= 0.3 is 0 Å². The zero-order valence-electron chi connectivity index (χ0n) is 12.1. The molecule has 1 aromatic carbocycles. The summed E-state index contributed by atoms with van der Waals surface area (Å²) >= 11 is 0. The van der Waals surface area contributed by atoms with Crippen LogP contribution in [-0.4, -0.2) is 22.6 Å². The number of Topliss-reactive ketones (excluding diaryl/α,β-unsaturated/α-hetero) is 1. The third-order valence-corrected chi connectivity index (χ3v) is 3.04. The van der Waals surface area contributed by atoms with Gasteiger partial charge < -0.3 is 9.30 Å². The summed E-state index contributed by atoms with van der Waals surface area (Å²) in [5.74, 6) is 0.103. The van der Waals surface area contributed by atoms with Crippen molar-refractivity contribution in [2.45, 2.75) is 39.8 Å². The maximum absolute atomic E-state index is 11.7. The van der Waals surface area contributed by atoms with Crippen molar-refractivity contribution < 1.29 is 9.53 Å². The standard InChI is InChI=1S/C16H21NO2/c1-12(18)14-11-17(9-10-19-16(2,3)4)15-8-6-5-7-13(14)15/h5-8,11H,9-10H2,1-4H3. The highest BCUT2D eigenvalue weighted by Crippen LogP contribution is 2.22. The Kier molecular flexibility index (Phi) is 3.76. The number of ether oxygens (including phenoxy) is 1. The number of rotatable bonds is 4. The van der Waals surface area contributed by atoms with Crippen molar-refractivity contribution in [1.29, 1.82) is 0 Å². The molecule has 1 aromatic heterocycles. The maximum Gasteiger partial charge on any atom is 0.161 e. The van der Waals surface area contributed by atoms with E-state index in [1.54, 1.807) is 6.92 Å². The molecule has 0 amide bonds. The van der Waals surface area contributed by atoms with Gasteiger partial charge in [-0.05, 0) is 33.8 Å². The summed E-state index contributed by atoms with van der Waals surface area (Å²) in [6, 6.07) is 7.99. The molecular weight excluding hydrogens is 238 g/mol. The van der Waals surface area contributed by atoms with E-state index in [-0.39, 0.29) is 11.4 Å². The molecule has 3 heteroatoms. The molecule has 0 atom stereocenters. The fourth-order valence-electron chi connectivity index (χ4n) is 2.16. The molecular formula is C16H21NO2. The third kappa shape index (κ3) is 3.24. The van der Waals surface area contributed by atoms with Gasteiger partial charge in [0.15, 0.2) is 5.78 Å². The number of para-hydroxylation sites is 1. The van der Waals surface area contributed by atoms with Crippen LogP contribution in [0.2, 0.25) is 0 Å². The van der Waals surface area contributed by atoms with Crippen LogP contribution in [0.3, 0.4) is 0 Å². The molecule has 0 aliphatic heterocycles. The molecule has 19 heavy (non-hydrogen) atoms. The van der Waals surface area contributed by atoms with E-state index in [0.717, 1.165) is 23.0 Å². The first kappa shape index (κ1) is 13.8. The van der Waals surface area contributed by atoms with Crippen molar-refractivity contribution >= 4 is 16.7 Å². The van der Waals surface area contributed by atoms with E-state index in [4.69, 9.17) is 4.74 Å². The molecule has 2 rings (SSSR count). The molecule has 0 unspecified atom stereocenters. The van der Waals surface area contributed by atoms with Gasteiger partial charge in [-0.15, -0.1) is 0 Å². The molecule has 0 radical (unpaired) electrons. The van der Waals surface area contributed by atoms with Gasteiger partial charge in [0.2, 0.25) is 0 Å². The van der Waals surface area contributed by atoms with Crippen LogP contribution in [-0.2, 0) is 11.3 Å². The van der Waals surface area contributed by atoms with E-state index in [1.165, 1.54) is 0 Å². The molecule has 0 aliphatic carbocycles. The predicted octanol–water partition coefficient (Wildman–Crippen LogP) is 3.66. The van der Waals surface area contributed by atoms with Crippen molar-refractivity contribution in [1.82, 2.24) is 4.57 Å². The quantitative estimate of drug-likeness (QED) is 0.785. The average Bonchev–Trinajstić information content (AvgIpc) is 2.67. The molecule has 3 nitrogen and oxygen atoms in total. The van der Waals surface area contributed by atoms with E-state index >= 15 is 0 Å². The first-order chi connectivity index (χ1) is 8.88. The maximum atomic E-state index is 11.7. The van der Waals surface area contributed by atoms with Crippen molar-refractivity contribution in [2.75, 3.05) is 6.61 Å². The third-order valence-electron chi connectivity index (χ3n) is 3.04. The minimum atomic E-state index is -0.133. The highest BCUT2D eigenvalue weighted by Gasteiger charge is 2.13. The second-order valence-electron chi connectivity index (χ2n) is 5.77. The number of hydrogen-bond acceptors (Lipinski definition) is 2. The van der Waals surface area contributed by atoms with Crippen LogP contribution in [0.15, 0.2) is 30.5 Å². The van der Waals surface area contributed by atoms with Crippen LogP contribution < -0.4 is 0 Å². The van der Waals surface area contributed by atoms with Gasteiger partial charge in [0.25, 0.3) is 0 Å². The minimum Gasteiger partial charge on any atom is -0.374 e. The van der Waals surface area contributed by atoms with E-state index in [1.807, 2.05) is 51.2 Å². The second-order valence-corrected chi connectivity index (χ2v) is 5.77. The van der Waals surface area contributed by atoms with Gasteiger partial charge in [-0.25, -0.2) is 0 Å². The van der Waals surface area contributed by atoms with Crippen LogP contribution in [0, 0.1) is 0 Å². The number of benzene rings is 1. The Morgan fingerprint density at radius 3 is 2.58 bits per heavy atom.